The predicted molar refractivity (Wildman–Crippen MR) is 94.6 cm³/mol. The number of rotatable bonds is 4. The van der Waals surface area contributed by atoms with E-state index in [1.165, 1.54) is 3.57 Å². The second-order valence-corrected chi connectivity index (χ2v) is 6.20. The Morgan fingerprint density at radius 1 is 0.957 bits per heavy atom. The van der Waals surface area contributed by atoms with Gasteiger partial charge in [0, 0.05) is 3.57 Å². The monoisotopic (exact) mass is 420 g/mol. The highest BCUT2D eigenvalue weighted by Gasteiger charge is 2.22. The van der Waals surface area contributed by atoms with Gasteiger partial charge in [0.2, 0.25) is 0 Å². The number of ether oxygens (including phenoxy) is 1. The number of hydrogen-bond acceptors (Lipinski definition) is 3. The molecule has 0 bridgehead atoms. The van der Waals surface area contributed by atoms with Crippen LogP contribution in [0.1, 0.15) is 11.1 Å². The molecule has 3 rings (SSSR count). The molecule has 0 aliphatic carbocycles. The second kappa shape index (κ2) is 6.82. The number of urea groups is 1. The Morgan fingerprint density at radius 2 is 1.65 bits per heavy atom. The molecular weight excluding hydrogens is 407 g/mol. The van der Waals surface area contributed by atoms with Crippen LogP contribution in [0.4, 0.5) is 4.79 Å². The first kappa shape index (κ1) is 15.5. The Hall–Kier alpha value is -2.35. The lowest BCUT2D eigenvalue weighted by molar-refractivity contribution is -0.115. The summed E-state index contributed by atoms with van der Waals surface area (Å²) in [5.74, 6) is 0.319. The molecule has 1 aliphatic heterocycles. The molecule has 0 radical (unpaired) electrons. The lowest BCUT2D eigenvalue weighted by Gasteiger charge is -2.07. The van der Waals surface area contributed by atoms with Crippen LogP contribution in [0.25, 0.3) is 6.08 Å². The van der Waals surface area contributed by atoms with Gasteiger partial charge in [0.05, 0.1) is 0 Å². The molecule has 2 N–H and O–H groups in total. The highest BCUT2D eigenvalue weighted by Crippen LogP contribution is 2.17. The van der Waals surface area contributed by atoms with Crippen LogP contribution >= 0.6 is 22.6 Å². The van der Waals surface area contributed by atoms with Crippen molar-refractivity contribution >= 4 is 40.6 Å². The average Bonchev–Trinajstić information content (AvgIpc) is 2.86. The largest absolute Gasteiger partial charge is 0.489 e. The minimum atomic E-state index is -0.501. The van der Waals surface area contributed by atoms with Crippen molar-refractivity contribution < 1.29 is 14.3 Å². The van der Waals surface area contributed by atoms with Crippen LogP contribution in [-0.4, -0.2) is 11.9 Å². The van der Waals surface area contributed by atoms with Gasteiger partial charge in [0.25, 0.3) is 5.91 Å². The van der Waals surface area contributed by atoms with E-state index in [1.54, 1.807) is 6.08 Å². The molecule has 0 atom stereocenters. The maximum Gasteiger partial charge on any atom is 0.326 e. The Kier molecular flexibility index (Phi) is 4.61. The zero-order valence-corrected chi connectivity index (χ0v) is 14.2. The average molecular weight is 420 g/mol. The van der Waals surface area contributed by atoms with Crippen molar-refractivity contribution in [1.82, 2.24) is 10.6 Å². The third-order valence-electron chi connectivity index (χ3n) is 3.23. The summed E-state index contributed by atoms with van der Waals surface area (Å²) in [6, 6.07) is 14.9. The van der Waals surface area contributed by atoms with E-state index in [4.69, 9.17) is 4.74 Å². The van der Waals surface area contributed by atoms with E-state index in [0.717, 1.165) is 16.9 Å². The van der Waals surface area contributed by atoms with Crippen LogP contribution in [0, 0.1) is 3.57 Å². The first-order valence-corrected chi connectivity index (χ1v) is 7.99. The summed E-state index contributed by atoms with van der Waals surface area (Å²) in [7, 11) is 0. The van der Waals surface area contributed by atoms with Gasteiger partial charge in [-0.15, -0.1) is 0 Å². The molecule has 0 aromatic heterocycles. The number of benzene rings is 2. The molecule has 1 aliphatic rings. The Balaban J connectivity index is 1.63. The smallest absolute Gasteiger partial charge is 0.326 e. The molecule has 1 heterocycles. The second-order valence-electron chi connectivity index (χ2n) is 4.95. The van der Waals surface area contributed by atoms with Gasteiger partial charge < -0.3 is 10.1 Å². The van der Waals surface area contributed by atoms with E-state index in [0.29, 0.717) is 6.61 Å². The standard InChI is InChI=1S/C17H13IN2O3/c18-13-5-1-12(2-6-13)10-23-14-7-3-11(4-8-14)9-15-16(21)20-17(22)19-15/h1-9H,10H2,(H2,19,20,21,22)/b15-9+. The molecule has 6 heteroatoms. The number of carbonyl (C=O) groups is 2. The molecule has 0 saturated carbocycles. The van der Waals surface area contributed by atoms with Crippen molar-refractivity contribution in [2.24, 2.45) is 0 Å². The van der Waals surface area contributed by atoms with Crippen molar-refractivity contribution in [3.8, 4) is 5.75 Å². The Morgan fingerprint density at radius 3 is 2.26 bits per heavy atom. The maximum absolute atomic E-state index is 11.5. The highest BCUT2D eigenvalue weighted by atomic mass is 127. The fourth-order valence-electron chi connectivity index (χ4n) is 2.06. The zero-order valence-electron chi connectivity index (χ0n) is 12.0. The van der Waals surface area contributed by atoms with Crippen LogP contribution in [0.5, 0.6) is 5.75 Å². The quantitative estimate of drug-likeness (QED) is 0.454. The van der Waals surface area contributed by atoms with Gasteiger partial charge >= 0.3 is 6.03 Å². The van der Waals surface area contributed by atoms with E-state index in [-0.39, 0.29) is 5.70 Å². The van der Waals surface area contributed by atoms with Crippen LogP contribution < -0.4 is 15.4 Å². The molecule has 1 fully saturated rings. The van der Waals surface area contributed by atoms with Crippen LogP contribution in [0.15, 0.2) is 54.2 Å². The molecular formula is C17H13IN2O3. The molecule has 116 valence electrons. The molecule has 0 spiro atoms. The van der Waals surface area contributed by atoms with E-state index < -0.39 is 11.9 Å². The molecule has 2 aromatic rings. The summed E-state index contributed by atoms with van der Waals surface area (Å²) in [5.41, 5.74) is 2.14. The molecule has 1 saturated heterocycles. The first-order chi connectivity index (χ1) is 11.1. The molecule has 2 aromatic carbocycles. The first-order valence-electron chi connectivity index (χ1n) is 6.91. The van der Waals surface area contributed by atoms with Crippen molar-refractivity contribution in [2.45, 2.75) is 6.61 Å². The summed E-state index contributed by atoms with van der Waals surface area (Å²) >= 11 is 2.26. The summed E-state index contributed by atoms with van der Waals surface area (Å²) in [4.78, 5) is 22.5. The van der Waals surface area contributed by atoms with Gasteiger partial charge in [-0.25, -0.2) is 4.79 Å². The summed E-state index contributed by atoms with van der Waals surface area (Å²) in [6.45, 7) is 0.496. The summed E-state index contributed by atoms with van der Waals surface area (Å²) in [5, 5.41) is 4.61. The zero-order chi connectivity index (χ0) is 16.2. The highest BCUT2D eigenvalue weighted by molar-refractivity contribution is 14.1. The van der Waals surface area contributed by atoms with Gasteiger partial charge in [0.15, 0.2) is 0 Å². The van der Waals surface area contributed by atoms with Gasteiger partial charge in [0.1, 0.15) is 18.1 Å². The maximum atomic E-state index is 11.5. The molecule has 3 amide bonds. The van der Waals surface area contributed by atoms with Gasteiger partial charge in [-0.1, -0.05) is 24.3 Å². The van der Waals surface area contributed by atoms with Gasteiger partial charge in [-0.2, -0.15) is 0 Å². The van der Waals surface area contributed by atoms with Crippen molar-refractivity contribution in [1.29, 1.82) is 0 Å². The van der Waals surface area contributed by atoms with Gasteiger partial charge in [-0.3, -0.25) is 10.1 Å². The number of imide groups is 1. The lowest BCUT2D eigenvalue weighted by Crippen LogP contribution is -2.22. The van der Waals surface area contributed by atoms with E-state index >= 15 is 0 Å². The minimum Gasteiger partial charge on any atom is -0.489 e. The lowest BCUT2D eigenvalue weighted by atomic mass is 10.2. The fraction of sp³-hybridized carbons (Fsp3) is 0.0588. The molecule has 23 heavy (non-hydrogen) atoms. The van der Waals surface area contributed by atoms with Crippen molar-refractivity contribution in [2.75, 3.05) is 0 Å². The Labute approximate surface area is 146 Å². The van der Waals surface area contributed by atoms with Crippen LogP contribution in [-0.2, 0) is 11.4 Å². The van der Waals surface area contributed by atoms with Crippen molar-refractivity contribution in [3.05, 3.63) is 68.9 Å². The number of carbonyl (C=O) groups excluding carboxylic acids is 2. The Bertz CT molecular complexity index is 767. The summed E-state index contributed by atoms with van der Waals surface area (Å²) < 4.78 is 6.91. The SMILES string of the molecule is O=C1NC(=O)/C(=C\c2ccc(OCc3ccc(I)cc3)cc2)N1. The van der Waals surface area contributed by atoms with Crippen LogP contribution in [0.3, 0.4) is 0 Å². The normalized spacial score (nSPS) is 15.4. The number of nitrogens with one attached hydrogen (secondary N) is 2. The number of hydrogen-bond donors (Lipinski definition) is 2. The topological polar surface area (TPSA) is 67.4 Å². The number of halogens is 1. The van der Waals surface area contributed by atoms with E-state index in [9.17, 15) is 9.59 Å². The van der Waals surface area contributed by atoms with Gasteiger partial charge in [-0.05, 0) is 64.1 Å². The number of amides is 3. The third-order valence-corrected chi connectivity index (χ3v) is 3.95. The molecule has 0 unspecified atom stereocenters. The third kappa shape index (κ3) is 4.10. The minimum absolute atomic E-state index is 0.238. The predicted octanol–water partition coefficient (Wildman–Crippen LogP) is 3.05. The van der Waals surface area contributed by atoms with Crippen LogP contribution in [0.2, 0.25) is 0 Å². The van der Waals surface area contributed by atoms with Crippen molar-refractivity contribution in [3.63, 3.8) is 0 Å². The van der Waals surface area contributed by atoms with E-state index in [1.807, 2.05) is 48.5 Å². The van der Waals surface area contributed by atoms with E-state index in [2.05, 4.69) is 33.2 Å². The molecule has 5 nitrogen and oxygen atoms in total. The fourth-order valence-corrected chi connectivity index (χ4v) is 2.42. The summed E-state index contributed by atoms with van der Waals surface area (Å²) in [6.07, 6.45) is 1.61.